The number of hydrogen-bond donors (Lipinski definition) is 1. The van der Waals surface area contributed by atoms with E-state index >= 15 is 0 Å². The lowest BCUT2D eigenvalue weighted by Crippen LogP contribution is -2.49. The Morgan fingerprint density at radius 3 is 2.50 bits per heavy atom. The maximum Gasteiger partial charge on any atom is 0.216 e. The van der Waals surface area contributed by atoms with Crippen molar-refractivity contribution in [2.45, 2.75) is 39.9 Å². The van der Waals surface area contributed by atoms with Crippen LogP contribution in [0.25, 0.3) is 0 Å². The monoisotopic (exact) mass is 328 g/mol. The first-order valence-corrected chi connectivity index (χ1v) is 9.06. The molecule has 2 atom stereocenters. The smallest absolute Gasteiger partial charge is 0.216 e. The lowest BCUT2D eigenvalue weighted by Gasteiger charge is -2.34. The van der Waals surface area contributed by atoms with Gasteiger partial charge in [-0.15, -0.1) is 0 Å². The number of aromatic nitrogens is 2. The molecule has 0 aromatic carbocycles. The van der Waals surface area contributed by atoms with Gasteiger partial charge in [-0.2, -0.15) is 4.31 Å². The molecule has 1 fully saturated rings. The number of nitrogens with zero attached hydrogens (tertiary/aromatic N) is 3. The van der Waals surface area contributed by atoms with Crippen LogP contribution in [-0.4, -0.2) is 60.3 Å². The molecule has 0 aliphatic carbocycles. The number of hydrogen-bond acceptors (Lipinski definition) is 6. The van der Waals surface area contributed by atoms with Gasteiger partial charge in [-0.25, -0.2) is 18.4 Å². The summed E-state index contributed by atoms with van der Waals surface area (Å²) in [5.74, 6) is 1.36. The average molecular weight is 328 g/mol. The second kappa shape index (κ2) is 6.89. The molecule has 124 valence electrons. The van der Waals surface area contributed by atoms with Crippen LogP contribution in [0.1, 0.15) is 25.4 Å². The minimum atomic E-state index is -3.29. The van der Waals surface area contributed by atoms with Crippen LogP contribution in [0.5, 0.6) is 0 Å². The highest BCUT2D eigenvalue weighted by Crippen LogP contribution is 2.15. The highest BCUT2D eigenvalue weighted by molar-refractivity contribution is 7.89. The Morgan fingerprint density at radius 2 is 1.91 bits per heavy atom. The van der Waals surface area contributed by atoms with Gasteiger partial charge in [0.2, 0.25) is 10.0 Å². The summed E-state index contributed by atoms with van der Waals surface area (Å²) in [7, 11) is -3.29. The van der Waals surface area contributed by atoms with Crippen molar-refractivity contribution in [3.63, 3.8) is 0 Å². The van der Waals surface area contributed by atoms with Crippen LogP contribution in [0.3, 0.4) is 0 Å². The van der Waals surface area contributed by atoms with E-state index in [4.69, 9.17) is 4.74 Å². The molecule has 2 heterocycles. The van der Waals surface area contributed by atoms with Gasteiger partial charge in [-0.05, 0) is 27.7 Å². The minimum Gasteiger partial charge on any atom is -0.373 e. The Bertz CT molecular complexity index is 590. The molecule has 7 nitrogen and oxygen atoms in total. The lowest BCUT2D eigenvalue weighted by molar-refractivity contribution is -0.0440. The molecule has 2 rings (SSSR count). The van der Waals surface area contributed by atoms with E-state index in [0.29, 0.717) is 31.3 Å². The number of sulfonamides is 1. The Hall–Kier alpha value is -1.25. The number of nitrogens with one attached hydrogen (secondary N) is 1. The molecule has 1 aliphatic heterocycles. The van der Waals surface area contributed by atoms with E-state index in [1.54, 1.807) is 6.07 Å². The van der Waals surface area contributed by atoms with Crippen molar-refractivity contribution in [2.24, 2.45) is 0 Å². The van der Waals surface area contributed by atoms with Crippen LogP contribution < -0.4 is 5.32 Å². The summed E-state index contributed by atoms with van der Waals surface area (Å²) in [6, 6.07) is 1.80. The second-order valence-corrected chi connectivity index (χ2v) is 7.85. The summed E-state index contributed by atoms with van der Waals surface area (Å²) >= 11 is 0. The molecule has 0 unspecified atom stereocenters. The van der Waals surface area contributed by atoms with Crippen LogP contribution in [-0.2, 0) is 14.8 Å². The quantitative estimate of drug-likeness (QED) is 0.866. The molecule has 8 heteroatoms. The molecule has 0 radical (unpaired) electrons. The van der Waals surface area contributed by atoms with Gasteiger partial charge in [0.15, 0.2) is 0 Å². The molecule has 1 saturated heterocycles. The molecule has 0 bridgehead atoms. The third kappa shape index (κ3) is 4.62. The third-order valence-electron chi connectivity index (χ3n) is 3.41. The van der Waals surface area contributed by atoms with Gasteiger partial charge in [0.1, 0.15) is 11.6 Å². The molecule has 0 spiro atoms. The molecule has 1 N–H and O–H groups in total. The van der Waals surface area contributed by atoms with E-state index in [1.807, 2.05) is 27.7 Å². The van der Waals surface area contributed by atoms with E-state index in [9.17, 15) is 8.42 Å². The number of aryl methyl sites for hydroxylation is 2. The number of ether oxygens (including phenoxy) is 1. The molecular weight excluding hydrogens is 304 g/mol. The maximum atomic E-state index is 12.4. The molecule has 1 aromatic rings. The molecular formula is C14H24N4O3S. The van der Waals surface area contributed by atoms with Gasteiger partial charge in [-0.1, -0.05) is 0 Å². The van der Waals surface area contributed by atoms with Gasteiger partial charge in [0.05, 0.1) is 18.0 Å². The van der Waals surface area contributed by atoms with Gasteiger partial charge < -0.3 is 10.1 Å². The number of anilines is 1. The normalized spacial score (nSPS) is 23.5. The Labute approximate surface area is 132 Å². The predicted octanol–water partition coefficient (Wildman–Crippen LogP) is 0.944. The van der Waals surface area contributed by atoms with Crippen LogP contribution in [0.15, 0.2) is 6.07 Å². The van der Waals surface area contributed by atoms with Crippen LogP contribution >= 0.6 is 0 Å². The first kappa shape index (κ1) is 17.1. The fourth-order valence-corrected chi connectivity index (χ4v) is 4.09. The Morgan fingerprint density at radius 1 is 1.27 bits per heavy atom. The van der Waals surface area contributed by atoms with Crippen molar-refractivity contribution in [3.05, 3.63) is 17.6 Å². The van der Waals surface area contributed by atoms with Gasteiger partial charge in [-0.3, -0.25) is 0 Å². The number of rotatable bonds is 5. The third-order valence-corrected chi connectivity index (χ3v) is 5.22. The molecule has 1 aromatic heterocycles. The van der Waals surface area contributed by atoms with Crippen LogP contribution in [0.4, 0.5) is 5.82 Å². The van der Waals surface area contributed by atoms with Crippen LogP contribution in [0, 0.1) is 13.8 Å². The predicted molar refractivity (Wildman–Crippen MR) is 85.4 cm³/mol. The van der Waals surface area contributed by atoms with E-state index in [0.717, 1.165) is 5.69 Å². The first-order valence-electron chi connectivity index (χ1n) is 7.45. The molecule has 0 saturated carbocycles. The zero-order valence-electron chi connectivity index (χ0n) is 13.5. The van der Waals surface area contributed by atoms with Crippen molar-refractivity contribution in [1.29, 1.82) is 0 Å². The fraction of sp³-hybridized carbons (Fsp3) is 0.714. The second-order valence-electron chi connectivity index (χ2n) is 5.76. The molecule has 22 heavy (non-hydrogen) atoms. The van der Waals surface area contributed by atoms with E-state index in [2.05, 4.69) is 15.3 Å². The SMILES string of the molecule is Cc1cc(NCCS(=O)(=O)N2C[C@@H](C)O[C@H](C)C2)nc(C)n1. The minimum absolute atomic E-state index is 0.0362. The highest BCUT2D eigenvalue weighted by Gasteiger charge is 2.30. The average Bonchev–Trinajstić information content (AvgIpc) is 2.36. The highest BCUT2D eigenvalue weighted by atomic mass is 32.2. The zero-order chi connectivity index (χ0) is 16.3. The van der Waals surface area contributed by atoms with Crippen molar-refractivity contribution in [2.75, 3.05) is 30.7 Å². The van der Waals surface area contributed by atoms with Crippen molar-refractivity contribution >= 4 is 15.8 Å². The summed E-state index contributed by atoms with van der Waals surface area (Å²) in [4.78, 5) is 8.43. The van der Waals surface area contributed by atoms with E-state index < -0.39 is 10.0 Å². The maximum absolute atomic E-state index is 12.4. The molecule has 0 amide bonds. The summed E-state index contributed by atoms with van der Waals surface area (Å²) in [5, 5.41) is 3.06. The van der Waals surface area contributed by atoms with Gasteiger partial charge >= 0.3 is 0 Å². The standard InChI is InChI=1S/C14H24N4O3S/c1-10-7-14(17-13(4)16-10)15-5-6-22(19,20)18-8-11(2)21-12(3)9-18/h7,11-12H,5-6,8-9H2,1-4H3,(H,15,16,17)/t11-,12-/m1/s1. The van der Waals surface area contributed by atoms with Crippen molar-refractivity contribution in [1.82, 2.24) is 14.3 Å². The van der Waals surface area contributed by atoms with Gasteiger partial charge in [0, 0.05) is 31.4 Å². The zero-order valence-corrected chi connectivity index (χ0v) is 14.4. The lowest BCUT2D eigenvalue weighted by atomic mass is 10.3. The van der Waals surface area contributed by atoms with E-state index in [1.165, 1.54) is 4.31 Å². The fourth-order valence-electron chi connectivity index (χ4n) is 2.60. The summed E-state index contributed by atoms with van der Waals surface area (Å²) < 4.78 is 31.9. The van der Waals surface area contributed by atoms with Gasteiger partial charge in [0.25, 0.3) is 0 Å². The Kier molecular flexibility index (Phi) is 5.36. The molecule has 1 aliphatic rings. The summed E-state index contributed by atoms with van der Waals surface area (Å²) in [6.45, 7) is 8.62. The van der Waals surface area contributed by atoms with Crippen LogP contribution in [0.2, 0.25) is 0 Å². The van der Waals surface area contributed by atoms with E-state index in [-0.39, 0.29) is 18.0 Å². The number of morpholine rings is 1. The Balaban J connectivity index is 1.92. The van der Waals surface area contributed by atoms with Crippen molar-refractivity contribution in [3.8, 4) is 0 Å². The van der Waals surface area contributed by atoms with Crippen molar-refractivity contribution < 1.29 is 13.2 Å². The summed E-state index contributed by atoms with van der Waals surface area (Å²) in [6.07, 6.45) is -0.141. The first-order chi connectivity index (χ1) is 10.3. The topological polar surface area (TPSA) is 84.4 Å². The summed E-state index contributed by atoms with van der Waals surface area (Å²) in [5.41, 5.74) is 0.855. The largest absolute Gasteiger partial charge is 0.373 e.